The Morgan fingerprint density at radius 2 is 1.69 bits per heavy atom. The van der Waals surface area contributed by atoms with Crippen molar-refractivity contribution in [3.63, 3.8) is 0 Å². The van der Waals surface area contributed by atoms with Gasteiger partial charge >= 0.3 is 0 Å². The van der Waals surface area contributed by atoms with Gasteiger partial charge in [-0.1, -0.05) is 66.7 Å². The monoisotopic (exact) mass is 402 g/mol. The van der Waals surface area contributed by atoms with Crippen LogP contribution in [0, 0.1) is 46.3 Å². The molecule has 1 N–H and O–H groups in total. The highest BCUT2D eigenvalue weighted by Gasteiger charge is 2.66. The standard InChI is InChI=1S/C27H46O2/c1-18(2)9-8-10-19(3)21-11-12-22-20-17-24(28)27(29)15-7-6-14-26(27,5)23(20)13-16-25(21,22)4/h18-23,29H,6-17H2,1-5H3/t19-,20-,21-,22+,23-,25-,26-,27+/m1/s1. The van der Waals surface area contributed by atoms with Gasteiger partial charge in [-0.05, 0) is 79.4 Å². The molecule has 0 aromatic carbocycles. The van der Waals surface area contributed by atoms with E-state index in [1.165, 1.54) is 51.4 Å². The van der Waals surface area contributed by atoms with E-state index >= 15 is 0 Å². The van der Waals surface area contributed by atoms with E-state index in [1.807, 2.05) is 0 Å². The van der Waals surface area contributed by atoms with Crippen LogP contribution in [0.1, 0.15) is 112 Å². The summed E-state index contributed by atoms with van der Waals surface area (Å²) in [4.78, 5) is 13.3. The number of fused-ring (bicyclic) bond motifs is 5. The maximum Gasteiger partial charge on any atom is 0.165 e. The number of ketones is 1. The molecule has 0 unspecified atom stereocenters. The van der Waals surface area contributed by atoms with Gasteiger partial charge in [0.25, 0.3) is 0 Å². The van der Waals surface area contributed by atoms with Crippen molar-refractivity contribution >= 4 is 5.78 Å². The summed E-state index contributed by atoms with van der Waals surface area (Å²) < 4.78 is 0. The Morgan fingerprint density at radius 3 is 2.41 bits per heavy atom. The lowest BCUT2D eigenvalue weighted by atomic mass is 9.43. The molecule has 0 spiro atoms. The predicted octanol–water partition coefficient (Wildman–Crippen LogP) is 6.79. The minimum Gasteiger partial charge on any atom is -0.381 e. The fourth-order valence-electron chi connectivity index (χ4n) is 9.09. The maximum atomic E-state index is 13.3. The largest absolute Gasteiger partial charge is 0.381 e. The Bertz CT molecular complexity index is 626. The lowest BCUT2D eigenvalue weighted by Gasteiger charge is -2.62. The quantitative estimate of drug-likeness (QED) is 0.549. The van der Waals surface area contributed by atoms with Crippen LogP contribution < -0.4 is 0 Å². The van der Waals surface area contributed by atoms with Crippen LogP contribution in [0.4, 0.5) is 0 Å². The average molecular weight is 403 g/mol. The van der Waals surface area contributed by atoms with Crippen LogP contribution >= 0.6 is 0 Å². The third-order valence-electron chi connectivity index (χ3n) is 10.8. The molecule has 4 saturated carbocycles. The van der Waals surface area contributed by atoms with Crippen LogP contribution in [0.15, 0.2) is 0 Å². The SMILES string of the molecule is CC(C)CCC[C@@H](C)[C@H]1CC[C@H]2[C@H]3CC(=O)[C@@]4(O)CCCC[C@]4(C)[C@@H]3CC[C@]12C. The zero-order valence-corrected chi connectivity index (χ0v) is 19.8. The van der Waals surface area contributed by atoms with Crippen LogP contribution in [0.3, 0.4) is 0 Å². The first kappa shape index (κ1) is 21.8. The molecular weight excluding hydrogens is 356 g/mol. The van der Waals surface area contributed by atoms with E-state index in [2.05, 4.69) is 34.6 Å². The molecule has 0 amide bonds. The van der Waals surface area contributed by atoms with Crippen molar-refractivity contribution in [2.24, 2.45) is 46.3 Å². The Kier molecular flexibility index (Phi) is 5.76. The Balaban J connectivity index is 1.53. The van der Waals surface area contributed by atoms with Gasteiger partial charge in [-0.2, -0.15) is 0 Å². The van der Waals surface area contributed by atoms with Crippen molar-refractivity contribution in [1.29, 1.82) is 0 Å². The lowest BCUT2D eigenvalue weighted by Crippen LogP contribution is -2.65. The van der Waals surface area contributed by atoms with Crippen molar-refractivity contribution in [2.45, 2.75) is 117 Å². The van der Waals surface area contributed by atoms with Crippen LogP contribution in [0.25, 0.3) is 0 Å². The molecule has 4 aliphatic carbocycles. The van der Waals surface area contributed by atoms with Crippen molar-refractivity contribution in [1.82, 2.24) is 0 Å². The van der Waals surface area contributed by atoms with E-state index < -0.39 is 5.60 Å². The third kappa shape index (κ3) is 3.26. The summed E-state index contributed by atoms with van der Waals surface area (Å²) in [5, 5.41) is 11.5. The van der Waals surface area contributed by atoms with Gasteiger partial charge in [0, 0.05) is 11.8 Å². The van der Waals surface area contributed by atoms with Crippen LogP contribution in [-0.4, -0.2) is 16.5 Å². The Labute approximate surface area is 179 Å². The fourth-order valence-corrected chi connectivity index (χ4v) is 9.09. The molecule has 166 valence electrons. The van der Waals surface area contributed by atoms with Crippen LogP contribution in [0.5, 0.6) is 0 Å². The molecule has 0 aromatic heterocycles. The highest BCUT2D eigenvalue weighted by molar-refractivity contribution is 5.89. The summed E-state index contributed by atoms with van der Waals surface area (Å²) in [7, 11) is 0. The lowest BCUT2D eigenvalue weighted by molar-refractivity contribution is -0.203. The summed E-state index contributed by atoms with van der Waals surface area (Å²) >= 11 is 0. The Morgan fingerprint density at radius 1 is 0.966 bits per heavy atom. The van der Waals surface area contributed by atoms with Gasteiger partial charge < -0.3 is 5.11 Å². The second kappa shape index (κ2) is 7.64. The normalized spacial score (nSPS) is 48.2. The number of hydrogen-bond donors (Lipinski definition) is 1. The number of aliphatic hydroxyl groups is 1. The minimum absolute atomic E-state index is 0.173. The number of rotatable bonds is 5. The molecule has 4 aliphatic rings. The fraction of sp³-hybridized carbons (Fsp3) is 0.963. The van der Waals surface area contributed by atoms with Crippen LogP contribution in [-0.2, 0) is 4.79 Å². The molecule has 0 heterocycles. The van der Waals surface area contributed by atoms with Crippen molar-refractivity contribution in [3.05, 3.63) is 0 Å². The van der Waals surface area contributed by atoms with Gasteiger partial charge in [0.2, 0.25) is 0 Å². The van der Waals surface area contributed by atoms with E-state index in [0.717, 1.165) is 30.6 Å². The van der Waals surface area contributed by atoms with Gasteiger partial charge in [-0.15, -0.1) is 0 Å². The third-order valence-corrected chi connectivity index (χ3v) is 10.8. The topological polar surface area (TPSA) is 37.3 Å². The minimum atomic E-state index is -1.03. The number of carbonyl (C=O) groups is 1. The predicted molar refractivity (Wildman–Crippen MR) is 120 cm³/mol. The summed E-state index contributed by atoms with van der Waals surface area (Å²) in [6, 6.07) is 0. The van der Waals surface area contributed by atoms with E-state index in [-0.39, 0.29) is 11.2 Å². The molecule has 0 saturated heterocycles. The molecule has 0 aliphatic heterocycles. The highest BCUT2D eigenvalue weighted by Crippen LogP contribution is 2.68. The average Bonchev–Trinajstić information content (AvgIpc) is 3.01. The summed E-state index contributed by atoms with van der Waals surface area (Å²) in [6.45, 7) is 12.1. The van der Waals surface area contributed by atoms with Gasteiger partial charge in [0.1, 0.15) is 5.60 Å². The first-order valence-electron chi connectivity index (χ1n) is 12.9. The van der Waals surface area contributed by atoms with E-state index in [4.69, 9.17) is 0 Å². The van der Waals surface area contributed by atoms with Crippen molar-refractivity contribution < 1.29 is 9.90 Å². The second-order valence-electron chi connectivity index (χ2n) is 12.5. The van der Waals surface area contributed by atoms with E-state index in [9.17, 15) is 9.90 Å². The molecule has 4 fully saturated rings. The smallest absolute Gasteiger partial charge is 0.165 e. The Hall–Kier alpha value is -0.370. The molecule has 2 heteroatoms. The summed E-state index contributed by atoms with van der Waals surface area (Å²) in [5.74, 6) is 4.42. The molecule has 29 heavy (non-hydrogen) atoms. The zero-order valence-electron chi connectivity index (χ0n) is 19.8. The first-order valence-corrected chi connectivity index (χ1v) is 12.9. The second-order valence-corrected chi connectivity index (χ2v) is 12.5. The maximum absolute atomic E-state index is 13.3. The zero-order chi connectivity index (χ0) is 21.0. The van der Waals surface area contributed by atoms with Crippen LogP contribution in [0.2, 0.25) is 0 Å². The van der Waals surface area contributed by atoms with Crippen molar-refractivity contribution in [2.75, 3.05) is 0 Å². The molecule has 0 bridgehead atoms. The molecule has 2 nitrogen and oxygen atoms in total. The molecule has 4 rings (SSSR count). The number of carbonyl (C=O) groups excluding carboxylic acids is 1. The van der Waals surface area contributed by atoms with Gasteiger partial charge in [-0.25, -0.2) is 0 Å². The molecular formula is C27H46O2. The number of Topliss-reactive ketones (excluding diaryl/α,β-unsaturated/α-hetero) is 1. The first-order chi connectivity index (χ1) is 13.6. The van der Waals surface area contributed by atoms with Gasteiger partial charge in [-0.3, -0.25) is 4.79 Å². The molecule has 0 aromatic rings. The molecule has 8 atom stereocenters. The van der Waals surface area contributed by atoms with Gasteiger partial charge in [0.05, 0.1) is 0 Å². The van der Waals surface area contributed by atoms with E-state index in [0.29, 0.717) is 36.0 Å². The van der Waals surface area contributed by atoms with Gasteiger partial charge in [0.15, 0.2) is 5.78 Å². The van der Waals surface area contributed by atoms with E-state index in [1.54, 1.807) is 0 Å². The summed E-state index contributed by atoms with van der Waals surface area (Å²) in [6.07, 6.45) is 14.0. The van der Waals surface area contributed by atoms with Crippen molar-refractivity contribution in [3.8, 4) is 0 Å². The number of hydrogen-bond acceptors (Lipinski definition) is 2. The summed E-state index contributed by atoms with van der Waals surface area (Å²) in [5.41, 5.74) is -0.783. The highest BCUT2D eigenvalue weighted by atomic mass is 16.3. The molecule has 0 radical (unpaired) electrons.